The van der Waals surface area contributed by atoms with Gasteiger partial charge in [-0.25, -0.2) is 0 Å². The van der Waals surface area contributed by atoms with E-state index in [-0.39, 0.29) is 5.91 Å². The molecule has 0 radical (unpaired) electrons. The number of hydrogen-bond donors (Lipinski definition) is 1. The van der Waals surface area contributed by atoms with E-state index in [1.807, 2.05) is 44.2 Å². The van der Waals surface area contributed by atoms with Gasteiger partial charge in [0.2, 0.25) is 0 Å². The highest BCUT2D eigenvalue weighted by molar-refractivity contribution is 6.06. The minimum absolute atomic E-state index is 0.0289. The maximum Gasteiger partial charge on any atom is 0.259 e. The molecule has 1 aromatic heterocycles. The van der Waals surface area contributed by atoms with E-state index >= 15 is 0 Å². The lowest BCUT2D eigenvalue weighted by atomic mass is 10.1. The van der Waals surface area contributed by atoms with Crippen LogP contribution in [0.25, 0.3) is 0 Å². The highest BCUT2D eigenvalue weighted by Crippen LogP contribution is 2.19. The lowest BCUT2D eigenvalue weighted by Crippen LogP contribution is -2.30. The molecule has 4 heteroatoms. The molecule has 4 nitrogen and oxygen atoms in total. The number of anilines is 2. The van der Waals surface area contributed by atoms with Gasteiger partial charge in [0.05, 0.1) is 11.3 Å². The van der Waals surface area contributed by atoms with Gasteiger partial charge in [0.15, 0.2) is 0 Å². The molecule has 0 aliphatic carbocycles. The molecule has 0 atom stereocenters. The Kier molecular flexibility index (Phi) is 5.74. The van der Waals surface area contributed by atoms with Gasteiger partial charge in [-0.2, -0.15) is 0 Å². The van der Waals surface area contributed by atoms with Crippen LogP contribution < -0.4 is 10.2 Å². The van der Waals surface area contributed by atoms with Crippen molar-refractivity contribution in [1.29, 1.82) is 0 Å². The van der Waals surface area contributed by atoms with Crippen LogP contribution in [0, 0.1) is 12.8 Å². The van der Waals surface area contributed by atoms with E-state index in [1.54, 1.807) is 17.3 Å². The van der Waals surface area contributed by atoms with E-state index in [1.165, 1.54) is 0 Å². The summed E-state index contributed by atoms with van der Waals surface area (Å²) in [4.78, 5) is 18.8. The first-order valence-corrected chi connectivity index (χ1v) is 8.08. The average molecular weight is 311 g/mol. The van der Waals surface area contributed by atoms with Crippen LogP contribution in [0.2, 0.25) is 0 Å². The van der Waals surface area contributed by atoms with Crippen LogP contribution in [0.1, 0.15) is 36.7 Å². The fraction of sp³-hybridized carbons (Fsp3) is 0.368. The van der Waals surface area contributed by atoms with Crippen molar-refractivity contribution in [3.05, 3.63) is 53.9 Å². The zero-order chi connectivity index (χ0) is 16.8. The van der Waals surface area contributed by atoms with E-state index in [0.29, 0.717) is 18.0 Å². The van der Waals surface area contributed by atoms with Crippen molar-refractivity contribution in [2.24, 2.45) is 5.92 Å². The number of amides is 1. The molecule has 0 unspecified atom stereocenters. The number of benzene rings is 1. The Labute approximate surface area is 138 Å². The van der Waals surface area contributed by atoms with Crippen LogP contribution in [0.5, 0.6) is 0 Å². The predicted octanol–water partition coefficient (Wildman–Crippen LogP) is 4.12. The Balaban J connectivity index is 2.22. The zero-order valence-corrected chi connectivity index (χ0v) is 14.3. The predicted molar refractivity (Wildman–Crippen MR) is 96.1 cm³/mol. The maximum absolute atomic E-state index is 12.8. The number of carbonyl (C=O) groups is 1. The van der Waals surface area contributed by atoms with E-state index in [4.69, 9.17) is 0 Å². The standard InChI is InChI=1S/C19H25N3O/c1-5-22(18-8-6-7-15(4)9-18)19(23)16-10-17(13-20-12-16)21-11-14(2)3/h6-10,12-14,21H,5,11H2,1-4H3. The molecule has 0 fully saturated rings. The number of aryl methyl sites for hydroxylation is 1. The molecular weight excluding hydrogens is 286 g/mol. The third kappa shape index (κ3) is 4.55. The lowest BCUT2D eigenvalue weighted by molar-refractivity contribution is 0.0988. The Morgan fingerprint density at radius 1 is 1.26 bits per heavy atom. The summed E-state index contributed by atoms with van der Waals surface area (Å²) in [7, 11) is 0. The van der Waals surface area contributed by atoms with Crippen LogP contribution in [-0.2, 0) is 0 Å². The molecule has 0 saturated carbocycles. The van der Waals surface area contributed by atoms with E-state index in [0.717, 1.165) is 23.5 Å². The number of rotatable bonds is 6. The van der Waals surface area contributed by atoms with Crippen molar-refractivity contribution >= 4 is 17.3 Å². The normalized spacial score (nSPS) is 10.7. The first-order valence-electron chi connectivity index (χ1n) is 8.08. The third-order valence-corrected chi connectivity index (χ3v) is 3.57. The molecule has 1 amide bonds. The molecule has 0 saturated heterocycles. The highest BCUT2D eigenvalue weighted by Gasteiger charge is 2.17. The van der Waals surface area contributed by atoms with Gasteiger partial charge in [0.25, 0.3) is 5.91 Å². The average Bonchev–Trinajstić information content (AvgIpc) is 2.54. The molecule has 2 aromatic rings. The molecule has 1 N–H and O–H groups in total. The summed E-state index contributed by atoms with van der Waals surface area (Å²) in [6.07, 6.45) is 3.38. The summed E-state index contributed by atoms with van der Waals surface area (Å²) in [5, 5.41) is 3.31. The van der Waals surface area contributed by atoms with Crippen LogP contribution in [0.15, 0.2) is 42.7 Å². The van der Waals surface area contributed by atoms with Gasteiger partial charge in [0, 0.05) is 31.2 Å². The number of carbonyl (C=O) groups excluding carboxylic acids is 1. The monoisotopic (exact) mass is 311 g/mol. The first-order chi connectivity index (χ1) is 11.0. The number of nitrogens with one attached hydrogen (secondary N) is 1. The number of nitrogens with zero attached hydrogens (tertiary/aromatic N) is 2. The zero-order valence-electron chi connectivity index (χ0n) is 14.3. The molecule has 0 aliphatic heterocycles. The second-order valence-electron chi connectivity index (χ2n) is 6.13. The minimum atomic E-state index is -0.0289. The van der Waals surface area contributed by atoms with Gasteiger partial charge in [-0.3, -0.25) is 9.78 Å². The minimum Gasteiger partial charge on any atom is -0.384 e. The fourth-order valence-electron chi connectivity index (χ4n) is 2.37. The summed E-state index contributed by atoms with van der Waals surface area (Å²) in [6, 6.07) is 9.86. The summed E-state index contributed by atoms with van der Waals surface area (Å²) >= 11 is 0. The fourth-order valence-corrected chi connectivity index (χ4v) is 2.37. The van der Waals surface area contributed by atoms with Crippen molar-refractivity contribution in [1.82, 2.24) is 4.98 Å². The quantitative estimate of drug-likeness (QED) is 0.872. The van der Waals surface area contributed by atoms with Crippen molar-refractivity contribution in [3.63, 3.8) is 0 Å². The van der Waals surface area contributed by atoms with Crippen molar-refractivity contribution in [2.75, 3.05) is 23.3 Å². The SMILES string of the molecule is CCN(C(=O)c1cncc(NCC(C)C)c1)c1cccc(C)c1. The Morgan fingerprint density at radius 3 is 2.70 bits per heavy atom. The smallest absolute Gasteiger partial charge is 0.259 e. The van der Waals surface area contributed by atoms with Crippen LogP contribution >= 0.6 is 0 Å². The molecule has 0 bridgehead atoms. The summed E-state index contributed by atoms with van der Waals surface area (Å²) in [5.74, 6) is 0.507. The van der Waals surface area contributed by atoms with Gasteiger partial charge in [-0.15, -0.1) is 0 Å². The second-order valence-corrected chi connectivity index (χ2v) is 6.13. The maximum atomic E-state index is 12.8. The molecular formula is C19H25N3O. The molecule has 2 rings (SSSR count). The van der Waals surface area contributed by atoms with Gasteiger partial charge >= 0.3 is 0 Å². The van der Waals surface area contributed by atoms with Gasteiger partial charge in [0.1, 0.15) is 0 Å². The third-order valence-electron chi connectivity index (χ3n) is 3.57. The van der Waals surface area contributed by atoms with Crippen LogP contribution in [-0.4, -0.2) is 24.0 Å². The van der Waals surface area contributed by atoms with Crippen molar-refractivity contribution < 1.29 is 4.79 Å². The van der Waals surface area contributed by atoms with Crippen LogP contribution in [0.4, 0.5) is 11.4 Å². The molecule has 1 heterocycles. The first kappa shape index (κ1) is 17.0. The van der Waals surface area contributed by atoms with Crippen LogP contribution in [0.3, 0.4) is 0 Å². The number of hydrogen-bond acceptors (Lipinski definition) is 3. The largest absolute Gasteiger partial charge is 0.384 e. The van der Waals surface area contributed by atoms with Gasteiger partial charge in [-0.05, 0) is 43.5 Å². The molecule has 23 heavy (non-hydrogen) atoms. The summed E-state index contributed by atoms with van der Waals surface area (Å²) < 4.78 is 0. The van der Waals surface area contributed by atoms with Gasteiger partial charge in [-0.1, -0.05) is 26.0 Å². The number of aromatic nitrogens is 1. The van der Waals surface area contributed by atoms with Crippen molar-refractivity contribution in [3.8, 4) is 0 Å². The molecule has 0 aliphatic rings. The molecule has 122 valence electrons. The number of pyridine rings is 1. The highest BCUT2D eigenvalue weighted by atomic mass is 16.2. The summed E-state index contributed by atoms with van der Waals surface area (Å²) in [5.41, 5.74) is 3.53. The lowest BCUT2D eigenvalue weighted by Gasteiger charge is -2.21. The molecule has 1 aromatic carbocycles. The van der Waals surface area contributed by atoms with E-state index in [9.17, 15) is 4.79 Å². The topological polar surface area (TPSA) is 45.2 Å². The summed E-state index contributed by atoms with van der Waals surface area (Å²) in [6.45, 7) is 9.77. The van der Waals surface area contributed by atoms with E-state index in [2.05, 4.69) is 24.1 Å². The Morgan fingerprint density at radius 2 is 2.04 bits per heavy atom. The van der Waals surface area contributed by atoms with Gasteiger partial charge < -0.3 is 10.2 Å². The van der Waals surface area contributed by atoms with E-state index < -0.39 is 0 Å². The second kappa shape index (κ2) is 7.77. The van der Waals surface area contributed by atoms with Crippen molar-refractivity contribution in [2.45, 2.75) is 27.7 Å². The Hall–Kier alpha value is -2.36. The Bertz CT molecular complexity index is 667. The molecule has 0 spiro atoms.